The van der Waals surface area contributed by atoms with Crippen LogP contribution in [0.3, 0.4) is 0 Å². The topological polar surface area (TPSA) is 63.6 Å². The maximum absolute atomic E-state index is 12.1. The third kappa shape index (κ3) is 8.86. The number of cyclic esters (lactones) is 1. The molecule has 0 spiro atoms. The summed E-state index contributed by atoms with van der Waals surface area (Å²) in [5, 5.41) is 10.1. The van der Waals surface area contributed by atoms with E-state index >= 15 is 0 Å². The van der Waals surface area contributed by atoms with Gasteiger partial charge in [-0.25, -0.2) is 4.79 Å². The molecule has 1 aliphatic heterocycles. The van der Waals surface area contributed by atoms with Crippen molar-refractivity contribution in [1.82, 2.24) is 0 Å². The summed E-state index contributed by atoms with van der Waals surface area (Å²) in [4.78, 5) is 24.1. The molecule has 0 aromatic heterocycles. The van der Waals surface area contributed by atoms with Crippen LogP contribution in [-0.4, -0.2) is 23.0 Å². The van der Waals surface area contributed by atoms with E-state index in [0.29, 0.717) is 12.8 Å². The lowest BCUT2D eigenvalue weighted by Gasteiger charge is -2.23. The number of hydrogen-bond donors (Lipinski definition) is 1. The van der Waals surface area contributed by atoms with E-state index < -0.39 is 5.97 Å². The molecule has 0 bridgehead atoms. The van der Waals surface area contributed by atoms with Crippen LogP contribution in [0.5, 0.6) is 0 Å². The second-order valence-corrected chi connectivity index (χ2v) is 7.55. The fourth-order valence-electron chi connectivity index (χ4n) is 3.52. The van der Waals surface area contributed by atoms with Crippen molar-refractivity contribution in [1.29, 1.82) is 0 Å². The van der Waals surface area contributed by atoms with E-state index in [-0.39, 0.29) is 29.6 Å². The van der Waals surface area contributed by atoms with E-state index in [1.807, 2.05) is 6.92 Å². The molecule has 1 aliphatic rings. The molecule has 1 unspecified atom stereocenters. The predicted molar refractivity (Wildman–Crippen MR) is 105 cm³/mol. The molecule has 1 fully saturated rings. The fourth-order valence-corrected chi connectivity index (χ4v) is 3.52. The van der Waals surface area contributed by atoms with Crippen molar-refractivity contribution in [3.8, 4) is 0 Å². The van der Waals surface area contributed by atoms with Crippen LogP contribution >= 0.6 is 0 Å². The minimum absolute atomic E-state index is 0.0779. The number of ether oxygens (including phenoxy) is 1. The highest BCUT2D eigenvalue weighted by Gasteiger charge is 2.34. The zero-order valence-electron chi connectivity index (χ0n) is 16.9. The molecular weight excluding hydrogens is 328 g/mol. The highest BCUT2D eigenvalue weighted by atomic mass is 16.5. The second-order valence-electron chi connectivity index (χ2n) is 7.55. The third-order valence-corrected chi connectivity index (χ3v) is 5.09. The number of allylic oxidation sites excluding steroid dienone is 1. The first kappa shape index (κ1) is 22.7. The summed E-state index contributed by atoms with van der Waals surface area (Å²) in [6.07, 6.45) is 15.4. The lowest BCUT2D eigenvalue weighted by Crippen LogP contribution is -2.33. The first-order valence-electron chi connectivity index (χ1n) is 10.8. The van der Waals surface area contributed by atoms with Gasteiger partial charge in [-0.1, -0.05) is 84.5 Å². The van der Waals surface area contributed by atoms with Crippen molar-refractivity contribution in [2.24, 2.45) is 0 Å². The summed E-state index contributed by atoms with van der Waals surface area (Å²) >= 11 is 0. The smallest absolute Gasteiger partial charge is 0.345 e. The largest absolute Gasteiger partial charge is 0.511 e. The molecule has 4 heteroatoms. The van der Waals surface area contributed by atoms with E-state index in [9.17, 15) is 14.7 Å². The van der Waals surface area contributed by atoms with Gasteiger partial charge in [-0.2, -0.15) is 0 Å². The summed E-state index contributed by atoms with van der Waals surface area (Å²) in [5.74, 6) is -0.980. The molecule has 150 valence electrons. The monoisotopic (exact) mass is 366 g/mol. The van der Waals surface area contributed by atoms with Crippen LogP contribution in [0.1, 0.15) is 110 Å². The quantitative estimate of drug-likeness (QED) is 0.131. The fraction of sp³-hybridized carbons (Fsp3) is 0.818. The maximum atomic E-state index is 12.1. The molecule has 0 aliphatic carbocycles. The van der Waals surface area contributed by atoms with E-state index in [0.717, 1.165) is 25.7 Å². The maximum Gasteiger partial charge on any atom is 0.345 e. The van der Waals surface area contributed by atoms with Gasteiger partial charge in [-0.15, -0.1) is 0 Å². The Labute approximate surface area is 159 Å². The molecule has 0 radical (unpaired) electrons. The molecule has 1 heterocycles. The Hall–Kier alpha value is -1.32. The van der Waals surface area contributed by atoms with Crippen LogP contribution in [0.25, 0.3) is 0 Å². The van der Waals surface area contributed by atoms with E-state index in [1.54, 1.807) is 0 Å². The summed E-state index contributed by atoms with van der Waals surface area (Å²) in [6.45, 7) is 4.23. The van der Waals surface area contributed by atoms with Crippen LogP contribution < -0.4 is 0 Å². The van der Waals surface area contributed by atoms with Crippen LogP contribution in [0, 0.1) is 0 Å². The molecule has 1 rings (SSSR count). The first-order chi connectivity index (χ1) is 12.6. The zero-order valence-corrected chi connectivity index (χ0v) is 16.9. The number of aliphatic hydroxyl groups excluding tert-OH is 1. The Morgan fingerprint density at radius 1 is 0.885 bits per heavy atom. The number of carbonyl (C=O) groups excluding carboxylic acids is 2. The summed E-state index contributed by atoms with van der Waals surface area (Å²) < 4.78 is 5.26. The lowest BCUT2D eigenvalue weighted by atomic mass is 9.96. The lowest BCUT2D eigenvalue weighted by molar-refractivity contribution is -0.151. The Morgan fingerprint density at radius 2 is 1.42 bits per heavy atom. The Bertz CT molecular complexity index is 433. The number of esters is 1. The first-order valence-corrected chi connectivity index (χ1v) is 10.8. The number of Topliss-reactive ketones (excluding diaryl/α,β-unsaturated/α-hetero) is 1. The Balaban J connectivity index is 2.15. The average molecular weight is 367 g/mol. The normalized spacial score (nSPS) is 19.5. The van der Waals surface area contributed by atoms with Crippen molar-refractivity contribution in [2.45, 2.75) is 116 Å². The van der Waals surface area contributed by atoms with Crippen LogP contribution in [-0.2, 0) is 14.3 Å². The highest BCUT2D eigenvalue weighted by molar-refractivity contribution is 6.19. The molecule has 1 N–H and O–H groups in total. The number of ketones is 1. The van der Waals surface area contributed by atoms with E-state index in [1.165, 1.54) is 51.4 Å². The summed E-state index contributed by atoms with van der Waals surface area (Å²) in [6, 6.07) is 0. The van der Waals surface area contributed by atoms with Gasteiger partial charge in [-0.3, -0.25) is 4.79 Å². The van der Waals surface area contributed by atoms with Crippen molar-refractivity contribution in [2.75, 3.05) is 0 Å². The zero-order chi connectivity index (χ0) is 19.2. The average Bonchev–Trinajstić information content (AvgIpc) is 2.59. The molecule has 1 saturated heterocycles. The highest BCUT2D eigenvalue weighted by Crippen LogP contribution is 2.24. The molecular formula is C22H38O4. The third-order valence-electron chi connectivity index (χ3n) is 5.09. The van der Waals surface area contributed by atoms with Gasteiger partial charge in [0.15, 0.2) is 5.78 Å². The van der Waals surface area contributed by atoms with Crippen LogP contribution in [0.15, 0.2) is 11.3 Å². The van der Waals surface area contributed by atoms with Gasteiger partial charge in [0, 0.05) is 12.8 Å². The number of hydrogen-bond acceptors (Lipinski definition) is 4. The van der Waals surface area contributed by atoms with Crippen molar-refractivity contribution >= 4 is 11.8 Å². The SMILES string of the molecule is CCCCCCCCCCCCC/C(O)=C1/C(=O)CC(CCC)OC1=O. The molecule has 0 saturated carbocycles. The molecule has 0 amide bonds. The summed E-state index contributed by atoms with van der Waals surface area (Å²) in [7, 11) is 0. The summed E-state index contributed by atoms with van der Waals surface area (Å²) in [5.41, 5.74) is -0.107. The van der Waals surface area contributed by atoms with E-state index in [4.69, 9.17) is 4.74 Å². The molecule has 26 heavy (non-hydrogen) atoms. The van der Waals surface area contributed by atoms with Crippen molar-refractivity contribution in [3.63, 3.8) is 0 Å². The minimum atomic E-state index is -0.639. The van der Waals surface area contributed by atoms with Gasteiger partial charge < -0.3 is 9.84 Å². The van der Waals surface area contributed by atoms with E-state index in [2.05, 4.69) is 6.92 Å². The molecule has 4 nitrogen and oxygen atoms in total. The van der Waals surface area contributed by atoms with Crippen LogP contribution in [0.4, 0.5) is 0 Å². The second kappa shape index (κ2) is 13.8. The van der Waals surface area contributed by atoms with Crippen molar-refractivity contribution < 1.29 is 19.4 Å². The minimum Gasteiger partial charge on any atom is -0.511 e. The standard InChI is InChI=1S/C22H38O4/c1-3-5-6-7-8-9-10-11-12-13-14-16-19(23)21-20(24)17-18(15-4-2)26-22(21)25/h18,23H,3-17H2,1-2H3/b21-19+. The predicted octanol–water partition coefficient (Wildman–Crippen LogP) is 6.18. The van der Waals surface area contributed by atoms with Gasteiger partial charge in [0.1, 0.15) is 17.4 Å². The number of unbranched alkanes of at least 4 members (excludes halogenated alkanes) is 10. The molecule has 0 aromatic carbocycles. The Morgan fingerprint density at radius 3 is 1.92 bits per heavy atom. The van der Waals surface area contributed by atoms with Crippen LogP contribution in [0.2, 0.25) is 0 Å². The van der Waals surface area contributed by atoms with Gasteiger partial charge in [0.25, 0.3) is 0 Å². The van der Waals surface area contributed by atoms with Gasteiger partial charge in [-0.05, 0) is 12.8 Å². The number of carbonyl (C=O) groups is 2. The van der Waals surface area contributed by atoms with Gasteiger partial charge >= 0.3 is 5.97 Å². The van der Waals surface area contributed by atoms with Gasteiger partial charge in [0.05, 0.1) is 0 Å². The number of rotatable bonds is 14. The molecule has 1 atom stereocenters. The molecule has 0 aromatic rings. The van der Waals surface area contributed by atoms with Crippen molar-refractivity contribution in [3.05, 3.63) is 11.3 Å². The van der Waals surface area contributed by atoms with Gasteiger partial charge in [0.2, 0.25) is 0 Å². The number of aliphatic hydroxyl groups is 1. The Kier molecular flexibility index (Phi) is 12.1.